The van der Waals surface area contributed by atoms with Crippen molar-refractivity contribution in [1.82, 2.24) is 15.1 Å². The molecule has 1 N–H and O–H groups in total. The first-order valence-corrected chi connectivity index (χ1v) is 9.07. The Balaban J connectivity index is 1.57. The molecule has 0 aliphatic carbocycles. The van der Waals surface area contributed by atoms with Gasteiger partial charge in [-0.2, -0.15) is 0 Å². The second-order valence-electron chi connectivity index (χ2n) is 6.73. The zero-order valence-electron chi connectivity index (χ0n) is 14.9. The minimum absolute atomic E-state index is 0.0562. The normalized spacial score (nSPS) is 21.3. The van der Waals surface area contributed by atoms with Crippen LogP contribution in [-0.2, 0) is 27.3 Å². The van der Waals surface area contributed by atoms with Crippen LogP contribution in [0.4, 0.5) is 0 Å². The molecule has 0 radical (unpaired) electrons. The molecular weight excluding hydrogens is 318 g/mol. The number of ether oxygens (including phenoxy) is 1. The van der Waals surface area contributed by atoms with Gasteiger partial charge in [0.2, 0.25) is 11.8 Å². The summed E-state index contributed by atoms with van der Waals surface area (Å²) in [5, 5.41) is 3.02. The van der Waals surface area contributed by atoms with E-state index < -0.39 is 6.04 Å². The van der Waals surface area contributed by atoms with Gasteiger partial charge in [-0.25, -0.2) is 0 Å². The van der Waals surface area contributed by atoms with E-state index in [0.717, 1.165) is 50.4 Å². The summed E-state index contributed by atoms with van der Waals surface area (Å²) < 4.78 is 5.45. The standard InChI is InChI=1S/C19H27N3O3/c1-15(23)22-14-17-6-3-2-5-16(17)13-18(22)19(24)20-7-9-21-8-4-11-25-12-10-21/h2-3,5-6,18H,4,7-14H2,1H3,(H,20,24). The van der Waals surface area contributed by atoms with Crippen LogP contribution >= 0.6 is 0 Å². The topological polar surface area (TPSA) is 61.9 Å². The van der Waals surface area contributed by atoms with Crippen LogP contribution in [0.3, 0.4) is 0 Å². The van der Waals surface area contributed by atoms with E-state index >= 15 is 0 Å². The smallest absolute Gasteiger partial charge is 0.243 e. The number of nitrogens with one attached hydrogen (secondary N) is 1. The molecule has 0 spiro atoms. The Morgan fingerprint density at radius 2 is 2.00 bits per heavy atom. The zero-order valence-corrected chi connectivity index (χ0v) is 14.9. The van der Waals surface area contributed by atoms with Gasteiger partial charge < -0.3 is 15.0 Å². The van der Waals surface area contributed by atoms with Crippen molar-refractivity contribution in [2.75, 3.05) is 39.4 Å². The molecule has 136 valence electrons. The van der Waals surface area contributed by atoms with E-state index in [0.29, 0.717) is 19.5 Å². The van der Waals surface area contributed by atoms with Crippen molar-refractivity contribution in [2.45, 2.75) is 32.4 Å². The molecule has 1 fully saturated rings. The van der Waals surface area contributed by atoms with E-state index in [1.165, 1.54) is 6.92 Å². The van der Waals surface area contributed by atoms with Crippen LogP contribution in [0.15, 0.2) is 24.3 Å². The summed E-state index contributed by atoms with van der Waals surface area (Å²) in [7, 11) is 0. The molecule has 6 nitrogen and oxygen atoms in total. The lowest BCUT2D eigenvalue weighted by molar-refractivity contribution is -0.140. The van der Waals surface area contributed by atoms with E-state index in [4.69, 9.17) is 4.74 Å². The first kappa shape index (κ1) is 17.9. The second-order valence-corrected chi connectivity index (χ2v) is 6.73. The van der Waals surface area contributed by atoms with E-state index in [-0.39, 0.29) is 11.8 Å². The number of hydrogen-bond acceptors (Lipinski definition) is 4. The predicted molar refractivity (Wildman–Crippen MR) is 95.0 cm³/mol. The van der Waals surface area contributed by atoms with Crippen molar-refractivity contribution in [3.63, 3.8) is 0 Å². The largest absolute Gasteiger partial charge is 0.380 e. The molecule has 0 aromatic heterocycles. The van der Waals surface area contributed by atoms with Crippen LogP contribution < -0.4 is 5.32 Å². The summed E-state index contributed by atoms with van der Waals surface area (Å²) >= 11 is 0. The summed E-state index contributed by atoms with van der Waals surface area (Å²) in [5.74, 6) is -0.116. The first-order chi connectivity index (χ1) is 12.1. The average molecular weight is 345 g/mol. The fraction of sp³-hybridized carbons (Fsp3) is 0.579. The van der Waals surface area contributed by atoms with Crippen molar-refractivity contribution in [3.8, 4) is 0 Å². The summed E-state index contributed by atoms with van der Waals surface area (Å²) in [6.07, 6.45) is 1.62. The Hall–Kier alpha value is -1.92. The van der Waals surface area contributed by atoms with Crippen LogP contribution in [0.5, 0.6) is 0 Å². The average Bonchev–Trinajstić information content (AvgIpc) is 2.89. The van der Waals surface area contributed by atoms with Crippen LogP contribution in [0.25, 0.3) is 0 Å². The minimum atomic E-state index is -0.417. The number of hydrogen-bond donors (Lipinski definition) is 1. The summed E-state index contributed by atoms with van der Waals surface area (Å²) in [4.78, 5) is 28.7. The van der Waals surface area contributed by atoms with Crippen LogP contribution in [0, 0.1) is 0 Å². The molecule has 1 aromatic rings. The molecule has 2 aliphatic heterocycles. The molecule has 3 rings (SSSR count). The monoisotopic (exact) mass is 345 g/mol. The molecule has 6 heteroatoms. The van der Waals surface area contributed by atoms with Crippen molar-refractivity contribution < 1.29 is 14.3 Å². The molecule has 1 saturated heterocycles. The lowest BCUT2D eigenvalue weighted by Crippen LogP contribution is -2.52. The lowest BCUT2D eigenvalue weighted by atomic mass is 9.93. The van der Waals surface area contributed by atoms with Crippen molar-refractivity contribution in [1.29, 1.82) is 0 Å². The number of carbonyl (C=O) groups excluding carboxylic acids is 2. The number of rotatable bonds is 4. The van der Waals surface area contributed by atoms with Gasteiger partial charge in [-0.15, -0.1) is 0 Å². The third-order valence-electron chi connectivity index (χ3n) is 5.00. The maximum Gasteiger partial charge on any atom is 0.243 e. The second kappa shape index (κ2) is 8.45. The Morgan fingerprint density at radius 1 is 1.20 bits per heavy atom. The van der Waals surface area contributed by atoms with Gasteiger partial charge in [0.05, 0.1) is 6.61 Å². The summed E-state index contributed by atoms with van der Waals surface area (Å²) in [6.45, 7) is 6.95. The highest BCUT2D eigenvalue weighted by atomic mass is 16.5. The zero-order chi connectivity index (χ0) is 17.6. The van der Waals surface area contributed by atoms with Crippen molar-refractivity contribution >= 4 is 11.8 Å². The highest BCUT2D eigenvalue weighted by molar-refractivity contribution is 5.87. The highest BCUT2D eigenvalue weighted by Gasteiger charge is 2.32. The van der Waals surface area contributed by atoms with Gasteiger partial charge in [-0.05, 0) is 17.5 Å². The number of carbonyl (C=O) groups is 2. The van der Waals surface area contributed by atoms with Crippen molar-refractivity contribution in [2.24, 2.45) is 0 Å². The van der Waals surface area contributed by atoms with Gasteiger partial charge in [-0.3, -0.25) is 14.5 Å². The minimum Gasteiger partial charge on any atom is -0.380 e. The third-order valence-corrected chi connectivity index (χ3v) is 5.00. The Bertz CT molecular complexity index is 612. The number of benzene rings is 1. The predicted octanol–water partition coefficient (Wildman–Crippen LogP) is 0.798. The number of nitrogens with zero attached hydrogens (tertiary/aromatic N) is 2. The van der Waals surface area contributed by atoms with Gasteiger partial charge >= 0.3 is 0 Å². The Kier molecular flexibility index (Phi) is 6.04. The maximum atomic E-state index is 12.7. The molecule has 0 bridgehead atoms. The fourth-order valence-corrected chi connectivity index (χ4v) is 3.56. The van der Waals surface area contributed by atoms with Crippen LogP contribution in [0.1, 0.15) is 24.5 Å². The molecule has 2 heterocycles. The molecule has 1 unspecified atom stereocenters. The first-order valence-electron chi connectivity index (χ1n) is 9.07. The SMILES string of the molecule is CC(=O)N1Cc2ccccc2CC1C(=O)NCCN1CCCOCC1. The van der Waals surface area contributed by atoms with Gasteiger partial charge in [-0.1, -0.05) is 24.3 Å². The molecule has 0 saturated carbocycles. The fourth-order valence-electron chi connectivity index (χ4n) is 3.56. The molecule has 1 atom stereocenters. The molecular formula is C19H27N3O3. The molecule has 1 aromatic carbocycles. The van der Waals surface area contributed by atoms with Crippen LogP contribution in [-0.4, -0.2) is 67.0 Å². The molecule has 2 aliphatic rings. The van der Waals surface area contributed by atoms with E-state index in [1.807, 2.05) is 24.3 Å². The molecule has 25 heavy (non-hydrogen) atoms. The Morgan fingerprint density at radius 3 is 2.80 bits per heavy atom. The van der Waals surface area contributed by atoms with E-state index in [1.54, 1.807) is 4.90 Å². The quantitative estimate of drug-likeness (QED) is 0.877. The van der Waals surface area contributed by atoms with E-state index in [2.05, 4.69) is 10.2 Å². The van der Waals surface area contributed by atoms with Gasteiger partial charge in [0.15, 0.2) is 0 Å². The van der Waals surface area contributed by atoms with Gasteiger partial charge in [0.1, 0.15) is 6.04 Å². The van der Waals surface area contributed by atoms with Crippen molar-refractivity contribution in [3.05, 3.63) is 35.4 Å². The molecule has 2 amide bonds. The van der Waals surface area contributed by atoms with Gasteiger partial charge in [0, 0.05) is 52.7 Å². The maximum absolute atomic E-state index is 12.7. The summed E-state index contributed by atoms with van der Waals surface area (Å²) in [6, 6.07) is 7.62. The number of amides is 2. The van der Waals surface area contributed by atoms with E-state index in [9.17, 15) is 9.59 Å². The highest BCUT2D eigenvalue weighted by Crippen LogP contribution is 2.23. The van der Waals surface area contributed by atoms with Crippen LogP contribution in [0.2, 0.25) is 0 Å². The Labute approximate surface area is 149 Å². The summed E-state index contributed by atoms with van der Waals surface area (Å²) in [5.41, 5.74) is 2.29. The number of fused-ring (bicyclic) bond motifs is 1. The van der Waals surface area contributed by atoms with Gasteiger partial charge in [0.25, 0.3) is 0 Å². The lowest BCUT2D eigenvalue weighted by Gasteiger charge is -2.35. The third kappa shape index (κ3) is 4.58.